The van der Waals surface area contributed by atoms with Gasteiger partial charge in [0.15, 0.2) is 0 Å². The van der Waals surface area contributed by atoms with Crippen LogP contribution in [0.25, 0.3) is 0 Å². The van der Waals surface area contributed by atoms with Crippen LogP contribution in [0.4, 0.5) is 0 Å². The van der Waals surface area contributed by atoms with Crippen molar-refractivity contribution >= 4 is 5.97 Å². The number of carboxylic acids is 1. The molecule has 0 amide bonds. The Morgan fingerprint density at radius 3 is 2.75 bits per heavy atom. The fraction of sp³-hybridized carbons (Fsp3) is 0.667. The van der Waals surface area contributed by atoms with Gasteiger partial charge in [-0.2, -0.15) is 0 Å². The molecule has 3 heteroatoms. The highest BCUT2D eigenvalue weighted by Gasteiger charge is 2.44. The molecule has 1 N–H and O–H groups in total. The van der Waals surface area contributed by atoms with E-state index in [0.29, 0.717) is 0 Å². The summed E-state index contributed by atoms with van der Waals surface area (Å²) in [4.78, 5) is 12.5. The van der Waals surface area contributed by atoms with Crippen LogP contribution in [0, 0.1) is 11.8 Å². The lowest BCUT2D eigenvalue weighted by atomic mass is 10.4. The van der Waals surface area contributed by atoms with Gasteiger partial charge in [-0.1, -0.05) is 6.08 Å². The highest BCUT2D eigenvalue weighted by atomic mass is 16.4. The van der Waals surface area contributed by atoms with Crippen molar-refractivity contribution in [3.05, 3.63) is 12.2 Å². The number of carbonyl (C=O) groups is 1. The lowest BCUT2D eigenvalue weighted by Gasteiger charge is -2.13. The number of hydrogen-bond acceptors (Lipinski definition) is 2. The second kappa shape index (κ2) is 2.90. The van der Waals surface area contributed by atoms with E-state index in [1.165, 1.54) is 25.6 Å². The third-order valence-electron chi connectivity index (χ3n) is 2.68. The van der Waals surface area contributed by atoms with Gasteiger partial charge in [0, 0.05) is 25.7 Å². The maximum atomic E-state index is 10.1. The molecule has 0 aromatic carbocycles. The van der Waals surface area contributed by atoms with E-state index in [0.717, 1.165) is 18.4 Å². The zero-order valence-corrected chi connectivity index (χ0v) is 6.94. The van der Waals surface area contributed by atoms with Gasteiger partial charge in [-0.25, -0.2) is 4.79 Å². The Morgan fingerprint density at radius 1 is 1.50 bits per heavy atom. The Labute approximate surface area is 71.7 Å². The lowest BCUT2D eigenvalue weighted by Crippen LogP contribution is -2.22. The molecule has 2 aliphatic rings. The summed E-state index contributed by atoms with van der Waals surface area (Å²) < 4.78 is 0. The van der Waals surface area contributed by atoms with Crippen molar-refractivity contribution in [1.82, 2.24) is 4.90 Å². The predicted octanol–water partition coefficient (Wildman–Crippen LogP) is 0.579. The SMILES string of the molecule is O=C(O)/C=C/CN1CC2CC2C1. The maximum absolute atomic E-state index is 10.1. The van der Waals surface area contributed by atoms with Gasteiger partial charge in [0.2, 0.25) is 0 Å². The van der Waals surface area contributed by atoms with Crippen LogP contribution in [0.5, 0.6) is 0 Å². The molecule has 2 atom stereocenters. The summed E-state index contributed by atoms with van der Waals surface area (Å²) >= 11 is 0. The normalized spacial score (nSPS) is 34.0. The molecule has 0 aromatic rings. The zero-order valence-electron chi connectivity index (χ0n) is 6.94. The van der Waals surface area contributed by atoms with E-state index in [4.69, 9.17) is 5.11 Å². The molecule has 0 radical (unpaired) electrons. The van der Waals surface area contributed by atoms with E-state index in [-0.39, 0.29) is 0 Å². The van der Waals surface area contributed by atoms with Gasteiger partial charge in [-0.15, -0.1) is 0 Å². The standard InChI is InChI=1S/C9H13NO2/c11-9(12)2-1-3-10-5-7-4-8(7)6-10/h1-2,7-8H,3-6H2,(H,11,12)/b2-1+. The van der Waals surface area contributed by atoms with Gasteiger partial charge in [0.05, 0.1) is 0 Å². The van der Waals surface area contributed by atoms with E-state index >= 15 is 0 Å². The van der Waals surface area contributed by atoms with Crippen LogP contribution in [-0.2, 0) is 4.79 Å². The van der Waals surface area contributed by atoms with Crippen LogP contribution in [0.1, 0.15) is 6.42 Å². The molecular weight excluding hydrogens is 154 g/mol. The molecule has 1 aliphatic carbocycles. The number of likely N-dealkylation sites (tertiary alicyclic amines) is 1. The Morgan fingerprint density at radius 2 is 2.17 bits per heavy atom. The predicted molar refractivity (Wildman–Crippen MR) is 44.8 cm³/mol. The second-order valence-corrected chi connectivity index (χ2v) is 3.72. The van der Waals surface area contributed by atoms with Crippen molar-refractivity contribution in [3.8, 4) is 0 Å². The monoisotopic (exact) mass is 167 g/mol. The number of hydrogen-bond donors (Lipinski definition) is 1. The molecule has 2 fully saturated rings. The number of nitrogens with zero attached hydrogens (tertiary/aromatic N) is 1. The number of piperidine rings is 1. The van der Waals surface area contributed by atoms with Gasteiger partial charge in [0.25, 0.3) is 0 Å². The topological polar surface area (TPSA) is 40.5 Å². The average molecular weight is 167 g/mol. The average Bonchev–Trinajstić information content (AvgIpc) is 2.59. The minimum Gasteiger partial charge on any atom is -0.478 e. The third kappa shape index (κ3) is 1.67. The van der Waals surface area contributed by atoms with Gasteiger partial charge >= 0.3 is 5.97 Å². The summed E-state index contributed by atoms with van der Waals surface area (Å²) in [5.41, 5.74) is 0. The first-order valence-corrected chi connectivity index (χ1v) is 4.37. The summed E-state index contributed by atoms with van der Waals surface area (Å²) in [6.07, 6.45) is 4.36. The summed E-state index contributed by atoms with van der Waals surface area (Å²) in [5, 5.41) is 8.34. The van der Waals surface area contributed by atoms with Crippen molar-refractivity contribution in [2.75, 3.05) is 19.6 Å². The van der Waals surface area contributed by atoms with E-state index in [9.17, 15) is 4.79 Å². The molecule has 1 saturated carbocycles. The van der Waals surface area contributed by atoms with Crippen molar-refractivity contribution in [2.45, 2.75) is 6.42 Å². The summed E-state index contributed by atoms with van der Waals surface area (Å²) in [7, 11) is 0. The van der Waals surface area contributed by atoms with Crippen LogP contribution in [0.15, 0.2) is 12.2 Å². The fourth-order valence-electron chi connectivity index (χ4n) is 1.95. The number of fused-ring (bicyclic) bond motifs is 1. The number of rotatable bonds is 3. The lowest BCUT2D eigenvalue weighted by molar-refractivity contribution is -0.131. The molecule has 2 rings (SSSR count). The Kier molecular flexibility index (Phi) is 1.89. The molecule has 1 aliphatic heterocycles. The molecule has 3 nitrogen and oxygen atoms in total. The molecule has 1 saturated heterocycles. The summed E-state index contributed by atoms with van der Waals surface area (Å²) in [5.74, 6) is 1.02. The van der Waals surface area contributed by atoms with E-state index < -0.39 is 5.97 Å². The van der Waals surface area contributed by atoms with Crippen molar-refractivity contribution in [2.24, 2.45) is 11.8 Å². The minimum absolute atomic E-state index is 0.805. The van der Waals surface area contributed by atoms with E-state index in [1.807, 2.05) is 0 Å². The Bertz CT molecular complexity index is 215. The van der Waals surface area contributed by atoms with E-state index in [2.05, 4.69) is 4.90 Å². The molecule has 0 spiro atoms. The highest BCUT2D eigenvalue weighted by Crippen LogP contribution is 2.44. The largest absolute Gasteiger partial charge is 0.478 e. The first kappa shape index (κ1) is 7.80. The first-order valence-electron chi connectivity index (χ1n) is 4.37. The van der Waals surface area contributed by atoms with Gasteiger partial charge in [-0.05, 0) is 18.3 Å². The third-order valence-corrected chi connectivity index (χ3v) is 2.68. The molecule has 66 valence electrons. The van der Waals surface area contributed by atoms with Crippen molar-refractivity contribution in [3.63, 3.8) is 0 Å². The Balaban J connectivity index is 1.70. The van der Waals surface area contributed by atoms with Gasteiger partial charge < -0.3 is 5.11 Å². The van der Waals surface area contributed by atoms with Crippen LogP contribution < -0.4 is 0 Å². The smallest absolute Gasteiger partial charge is 0.328 e. The van der Waals surface area contributed by atoms with Crippen LogP contribution >= 0.6 is 0 Å². The second-order valence-electron chi connectivity index (χ2n) is 3.72. The molecule has 0 bridgehead atoms. The maximum Gasteiger partial charge on any atom is 0.328 e. The molecule has 1 heterocycles. The fourth-order valence-corrected chi connectivity index (χ4v) is 1.95. The van der Waals surface area contributed by atoms with Crippen LogP contribution in [-0.4, -0.2) is 35.6 Å². The zero-order chi connectivity index (χ0) is 8.55. The summed E-state index contributed by atoms with van der Waals surface area (Å²) in [6.45, 7) is 3.16. The molecular formula is C9H13NO2. The van der Waals surface area contributed by atoms with Crippen molar-refractivity contribution < 1.29 is 9.90 Å². The van der Waals surface area contributed by atoms with Gasteiger partial charge in [0.1, 0.15) is 0 Å². The number of aliphatic carboxylic acids is 1. The number of carboxylic acid groups (broad SMARTS) is 1. The van der Waals surface area contributed by atoms with Crippen LogP contribution in [0.3, 0.4) is 0 Å². The van der Waals surface area contributed by atoms with Crippen molar-refractivity contribution in [1.29, 1.82) is 0 Å². The minimum atomic E-state index is -0.848. The first-order chi connectivity index (χ1) is 5.75. The molecule has 0 aromatic heterocycles. The van der Waals surface area contributed by atoms with E-state index in [1.54, 1.807) is 6.08 Å². The highest BCUT2D eigenvalue weighted by molar-refractivity contribution is 5.79. The summed E-state index contributed by atoms with van der Waals surface area (Å²) in [6, 6.07) is 0. The van der Waals surface area contributed by atoms with Crippen LogP contribution in [0.2, 0.25) is 0 Å². The molecule has 2 unspecified atom stereocenters. The quantitative estimate of drug-likeness (QED) is 0.625. The van der Waals surface area contributed by atoms with Gasteiger partial charge in [-0.3, -0.25) is 4.90 Å². The molecule has 12 heavy (non-hydrogen) atoms. The Hall–Kier alpha value is -0.830.